The number of nitro benzene ring substituents is 1. The van der Waals surface area contributed by atoms with E-state index in [2.05, 4.69) is 20.5 Å². The first-order chi connectivity index (χ1) is 11.5. The van der Waals surface area contributed by atoms with Crippen LogP contribution in [0.1, 0.15) is 10.4 Å². The minimum atomic E-state index is -0.587. The lowest BCUT2D eigenvalue weighted by Crippen LogP contribution is -2.13. The quantitative estimate of drug-likeness (QED) is 0.565. The molecule has 0 saturated heterocycles. The molecule has 0 unspecified atom stereocenters. The van der Waals surface area contributed by atoms with E-state index in [4.69, 9.17) is 0 Å². The van der Waals surface area contributed by atoms with Gasteiger partial charge in [-0.05, 0) is 30.3 Å². The molecule has 2 N–H and O–H groups in total. The Morgan fingerprint density at radius 2 is 1.96 bits per heavy atom. The number of aromatic nitrogens is 3. The maximum Gasteiger partial charge on any atom is 0.270 e. The monoisotopic (exact) mass is 327 g/mol. The third-order valence-corrected chi connectivity index (χ3v) is 3.15. The Morgan fingerprint density at radius 1 is 1.21 bits per heavy atom. The Morgan fingerprint density at radius 3 is 2.67 bits per heavy atom. The molecule has 1 aromatic heterocycles. The number of carbonyl (C=O) groups excluding carboxylic acids is 1. The van der Waals surface area contributed by atoms with Crippen molar-refractivity contribution >= 4 is 17.5 Å². The molecule has 0 radical (unpaired) electrons. The number of nitrogens with zero attached hydrogens (tertiary/aromatic N) is 3. The van der Waals surface area contributed by atoms with Gasteiger partial charge in [0.15, 0.2) is 5.82 Å². The first-order valence-corrected chi connectivity index (χ1v) is 6.77. The van der Waals surface area contributed by atoms with Gasteiger partial charge in [0.05, 0.1) is 4.92 Å². The number of nitrogens with one attached hydrogen (secondary N) is 2. The summed E-state index contributed by atoms with van der Waals surface area (Å²) < 4.78 is 12.9. The second kappa shape index (κ2) is 6.24. The Balaban J connectivity index is 1.77. The zero-order chi connectivity index (χ0) is 17.1. The van der Waals surface area contributed by atoms with E-state index in [1.54, 1.807) is 0 Å². The normalized spacial score (nSPS) is 10.4. The predicted molar refractivity (Wildman–Crippen MR) is 82.8 cm³/mol. The van der Waals surface area contributed by atoms with Crippen molar-refractivity contribution in [2.75, 3.05) is 5.32 Å². The summed E-state index contributed by atoms with van der Waals surface area (Å²) in [7, 11) is 0. The number of rotatable bonds is 4. The van der Waals surface area contributed by atoms with Crippen molar-refractivity contribution in [3.63, 3.8) is 0 Å². The molecule has 0 atom stereocenters. The molecule has 2 aromatic carbocycles. The van der Waals surface area contributed by atoms with E-state index in [-0.39, 0.29) is 23.0 Å². The van der Waals surface area contributed by atoms with Gasteiger partial charge >= 0.3 is 0 Å². The van der Waals surface area contributed by atoms with Gasteiger partial charge in [-0.3, -0.25) is 25.3 Å². The van der Waals surface area contributed by atoms with Gasteiger partial charge in [-0.1, -0.05) is 6.07 Å². The van der Waals surface area contributed by atoms with Crippen LogP contribution in [0.2, 0.25) is 0 Å². The number of halogens is 1. The van der Waals surface area contributed by atoms with Crippen LogP contribution in [0.25, 0.3) is 11.4 Å². The number of amides is 1. The summed E-state index contributed by atoms with van der Waals surface area (Å²) >= 11 is 0. The van der Waals surface area contributed by atoms with Crippen molar-refractivity contribution in [1.29, 1.82) is 0 Å². The summed E-state index contributed by atoms with van der Waals surface area (Å²) in [6, 6.07) is 10.9. The van der Waals surface area contributed by atoms with Gasteiger partial charge in [-0.2, -0.15) is 4.98 Å². The third-order valence-electron chi connectivity index (χ3n) is 3.15. The lowest BCUT2D eigenvalue weighted by Gasteiger charge is -2.00. The van der Waals surface area contributed by atoms with E-state index in [1.165, 1.54) is 42.5 Å². The molecule has 9 heteroatoms. The molecule has 0 fully saturated rings. The van der Waals surface area contributed by atoms with Crippen molar-refractivity contribution in [2.45, 2.75) is 0 Å². The van der Waals surface area contributed by atoms with Crippen molar-refractivity contribution < 1.29 is 14.1 Å². The zero-order valence-corrected chi connectivity index (χ0v) is 12.1. The van der Waals surface area contributed by atoms with Crippen molar-refractivity contribution in [3.05, 3.63) is 70.0 Å². The molecule has 120 valence electrons. The number of hydrogen-bond donors (Lipinski definition) is 2. The van der Waals surface area contributed by atoms with E-state index in [1.807, 2.05) is 0 Å². The lowest BCUT2D eigenvalue weighted by atomic mass is 10.2. The highest BCUT2D eigenvalue weighted by atomic mass is 19.1. The molecule has 24 heavy (non-hydrogen) atoms. The average molecular weight is 327 g/mol. The van der Waals surface area contributed by atoms with Gasteiger partial charge < -0.3 is 0 Å². The van der Waals surface area contributed by atoms with Crippen LogP contribution in [0.15, 0.2) is 48.5 Å². The SMILES string of the molecule is O=C(Nc1n[nH]c(-c2ccc(F)cc2)n1)c1cccc([N+](=O)[O-])c1. The zero-order valence-electron chi connectivity index (χ0n) is 12.1. The molecule has 3 aromatic rings. The summed E-state index contributed by atoms with van der Waals surface area (Å²) in [5.74, 6) is -0.601. The van der Waals surface area contributed by atoms with Gasteiger partial charge in [-0.15, -0.1) is 5.10 Å². The summed E-state index contributed by atoms with van der Waals surface area (Å²) in [4.78, 5) is 26.3. The van der Waals surface area contributed by atoms with Gasteiger partial charge in [0.1, 0.15) is 5.82 Å². The van der Waals surface area contributed by atoms with Crippen molar-refractivity contribution in [1.82, 2.24) is 15.2 Å². The Kier molecular flexibility index (Phi) is 3.98. The molecule has 0 aliphatic rings. The molecule has 0 aliphatic heterocycles. The van der Waals surface area contributed by atoms with E-state index in [0.29, 0.717) is 11.4 Å². The summed E-state index contributed by atoms with van der Waals surface area (Å²) in [5, 5.41) is 19.6. The first kappa shape index (κ1) is 15.3. The fraction of sp³-hybridized carbons (Fsp3) is 0. The van der Waals surface area contributed by atoms with E-state index >= 15 is 0 Å². The average Bonchev–Trinajstić information content (AvgIpc) is 3.04. The van der Waals surface area contributed by atoms with E-state index < -0.39 is 10.8 Å². The molecule has 3 rings (SSSR count). The van der Waals surface area contributed by atoms with E-state index in [9.17, 15) is 19.3 Å². The van der Waals surface area contributed by atoms with Crippen LogP contribution >= 0.6 is 0 Å². The number of non-ortho nitro benzene ring substituents is 1. The fourth-order valence-electron chi connectivity index (χ4n) is 1.99. The largest absolute Gasteiger partial charge is 0.289 e. The molecule has 0 saturated carbocycles. The molecule has 0 spiro atoms. The molecule has 1 heterocycles. The fourth-order valence-corrected chi connectivity index (χ4v) is 1.99. The smallest absolute Gasteiger partial charge is 0.270 e. The highest BCUT2D eigenvalue weighted by molar-refractivity contribution is 6.03. The topological polar surface area (TPSA) is 114 Å². The number of anilines is 1. The van der Waals surface area contributed by atoms with Crippen LogP contribution in [-0.4, -0.2) is 26.0 Å². The standard InChI is InChI=1S/C15H10FN5O3/c16-11-6-4-9(5-7-11)13-17-15(20-19-13)18-14(22)10-2-1-3-12(8-10)21(23)24/h1-8H,(H2,17,18,19,20,22). The van der Waals surface area contributed by atoms with Crippen LogP contribution < -0.4 is 5.32 Å². The number of benzene rings is 2. The molecule has 0 aliphatic carbocycles. The van der Waals surface area contributed by atoms with Crippen LogP contribution in [0.4, 0.5) is 16.0 Å². The minimum Gasteiger partial charge on any atom is -0.289 e. The maximum atomic E-state index is 12.9. The maximum absolute atomic E-state index is 12.9. The van der Waals surface area contributed by atoms with Gasteiger partial charge in [0.2, 0.25) is 5.95 Å². The number of hydrogen-bond acceptors (Lipinski definition) is 5. The Bertz CT molecular complexity index is 907. The first-order valence-electron chi connectivity index (χ1n) is 6.77. The molecular weight excluding hydrogens is 317 g/mol. The summed E-state index contributed by atoms with van der Waals surface area (Å²) in [5.41, 5.74) is 0.515. The number of aromatic amines is 1. The molecule has 1 amide bonds. The molecular formula is C15H10FN5O3. The van der Waals surface area contributed by atoms with Crippen molar-refractivity contribution in [3.8, 4) is 11.4 Å². The lowest BCUT2D eigenvalue weighted by molar-refractivity contribution is -0.384. The van der Waals surface area contributed by atoms with Crippen LogP contribution in [0.5, 0.6) is 0 Å². The van der Waals surface area contributed by atoms with Gasteiger partial charge in [-0.25, -0.2) is 4.39 Å². The third kappa shape index (κ3) is 3.24. The second-order valence-corrected chi connectivity index (χ2v) is 4.78. The minimum absolute atomic E-state index is 0.00540. The molecule has 0 bridgehead atoms. The van der Waals surface area contributed by atoms with E-state index in [0.717, 1.165) is 6.07 Å². The highest BCUT2D eigenvalue weighted by Gasteiger charge is 2.14. The van der Waals surface area contributed by atoms with Crippen molar-refractivity contribution in [2.24, 2.45) is 0 Å². The van der Waals surface area contributed by atoms with Crippen LogP contribution in [0.3, 0.4) is 0 Å². The number of H-pyrrole nitrogens is 1. The van der Waals surface area contributed by atoms with Crippen LogP contribution in [0, 0.1) is 15.9 Å². The Hall–Kier alpha value is -3.62. The van der Waals surface area contributed by atoms with Crippen LogP contribution in [-0.2, 0) is 0 Å². The highest BCUT2D eigenvalue weighted by Crippen LogP contribution is 2.17. The Labute approximate surface area is 134 Å². The summed E-state index contributed by atoms with van der Waals surface area (Å²) in [6.07, 6.45) is 0. The van der Waals surface area contributed by atoms with Gasteiger partial charge in [0.25, 0.3) is 11.6 Å². The number of nitro groups is 1. The van der Waals surface area contributed by atoms with Gasteiger partial charge in [0, 0.05) is 23.3 Å². The molecule has 8 nitrogen and oxygen atoms in total. The predicted octanol–water partition coefficient (Wildman–Crippen LogP) is 2.77. The summed E-state index contributed by atoms with van der Waals surface area (Å²) in [6.45, 7) is 0. The second-order valence-electron chi connectivity index (χ2n) is 4.78. The number of carbonyl (C=O) groups is 1.